The van der Waals surface area contributed by atoms with E-state index in [1.54, 1.807) is 31.0 Å². The summed E-state index contributed by atoms with van der Waals surface area (Å²) >= 11 is 1.63. The number of rotatable bonds is 6. The number of methoxy groups -OCH3 is 1. The molecule has 2 nitrogen and oxygen atoms in total. The van der Waals surface area contributed by atoms with Crippen LogP contribution < -0.4 is 10.1 Å². The number of halogens is 1. The maximum absolute atomic E-state index is 13.2. The number of nitrogens with one attached hydrogen (secondary N) is 1. The summed E-state index contributed by atoms with van der Waals surface area (Å²) < 4.78 is 18.7. The fourth-order valence-electron chi connectivity index (χ4n) is 2.19. The molecule has 0 heterocycles. The summed E-state index contributed by atoms with van der Waals surface area (Å²) in [4.78, 5) is 0.932. The SMILES string of the molecule is CNC(CSc1cccc(F)c1)c1cc(C)ccc1OC. The van der Waals surface area contributed by atoms with Gasteiger partial charge in [0.15, 0.2) is 0 Å². The lowest BCUT2D eigenvalue weighted by Crippen LogP contribution is -2.19. The minimum Gasteiger partial charge on any atom is -0.496 e. The molecule has 0 radical (unpaired) electrons. The van der Waals surface area contributed by atoms with Gasteiger partial charge in [0.2, 0.25) is 0 Å². The highest BCUT2D eigenvalue weighted by molar-refractivity contribution is 7.99. The van der Waals surface area contributed by atoms with Crippen molar-refractivity contribution in [3.05, 3.63) is 59.4 Å². The van der Waals surface area contributed by atoms with Crippen LogP contribution in [0.15, 0.2) is 47.4 Å². The van der Waals surface area contributed by atoms with E-state index in [1.165, 1.54) is 11.6 Å². The lowest BCUT2D eigenvalue weighted by Gasteiger charge is -2.19. The first-order valence-corrected chi connectivity index (χ1v) is 7.82. The predicted octanol–water partition coefficient (Wildman–Crippen LogP) is 4.20. The van der Waals surface area contributed by atoms with Crippen molar-refractivity contribution in [1.82, 2.24) is 5.32 Å². The van der Waals surface area contributed by atoms with Crippen LogP contribution >= 0.6 is 11.8 Å². The van der Waals surface area contributed by atoms with E-state index in [4.69, 9.17) is 4.74 Å². The fraction of sp³-hybridized carbons (Fsp3) is 0.294. The van der Waals surface area contributed by atoms with Gasteiger partial charge in [-0.1, -0.05) is 23.8 Å². The van der Waals surface area contributed by atoms with E-state index < -0.39 is 0 Å². The molecule has 0 aliphatic rings. The Morgan fingerprint density at radius 2 is 2.05 bits per heavy atom. The fourth-order valence-corrected chi connectivity index (χ4v) is 3.27. The molecule has 2 rings (SSSR count). The van der Waals surface area contributed by atoms with Crippen LogP contribution in [0.25, 0.3) is 0 Å². The molecule has 2 aromatic rings. The molecule has 21 heavy (non-hydrogen) atoms. The molecule has 0 aliphatic heterocycles. The molecule has 0 fully saturated rings. The van der Waals surface area contributed by atoms with Crippen molar-refractivity contribution in [3.63, 3.8) is 0 Å². The third-order valence-electron chi connectivity index (χ3n) is 3.32. The van der Waals surface area contributed by atoms with E-state index in [-0.39, 0.29) is 11.9 Å². The highest BCUT2D eigenvalue weighted by Crippen LogP contribution is 2.31. The van der Waals surface area contributed by atoms with Crippen molar-refractivity contribution < 1.29 is 9.13 Å². The van der Waals surface area contributed by atoms with E-state index in [0.717, 1.165) is 22.0 Å². The average molecular weight is 305 g/mol. The maximum Gasteiger partial charge on any atom is 0.124 e. The third-order valence-corrected chi connectivity index (χ3v) is 4.41. The van der Waals surface area contributed by atoms with Crippen LogP contribution in [0.4, 0.5) is 4.39 Å². The number of hydrogen-bond acceptors (Lipinski definition) is 3. The van der Waals surface area contributed by atoms with Crippen molar-refractivity contribution in [2.45, 2.75) is 17.9 Å². The molecular weight excluding hydrogens is 285 g/mol. The molecule has 1 unspecified atom stereocenters. The highest BCUT2D eigenvalue weighted by atomic mass is 32.2. The smallest absolute Gasteiger partial charge is 0.124 e. The van der Waals surface area contributed by atoms with Crippen LogP contribution in [0.1, 0.15) is 17.2 Å². The molecule has 112 valence electrons. The quantitative estimate of drug-likeness (QED) is 0.808. The Morgan fingerprint density at radius 1 is 1.24 bits per heavy atom. The first-order valence-electron chi connectivity index (χ1n) is 6.84. The molecule has 0 saturated heterocycles. The Hall–Kier alpha value is -1.52. The van der Waals surface area contributed by atoms with E-state index in [1.807, 2.05) is 25.2 Å². The zero-order valence-electron chi connectivity index (χ0n) is 12.5. The van der Waals surface area contributed by atoms with Crippen LogP contribution in [0.2, 0.25) is 0 Å². The second-order valence-corrected chi connectivity index (χ2v) is 5.95. The molecule has 2 aromatic carbocycles. The van der Waals surface area contributed by atoms with Crippen molar-refractivity contribution in [2.24, 2.45) is 0 Å². The molecule has 0 aliphatic carbocycles. The molecule has 0 aromatic heterocycles. The topological polar surface area (TPSA) is 21.3 Å². The normalized spacial score (nSPS) is 12.2. The summed E-state index contributed by atoms with van der Waals surface area (Å²) in [5, 5.41) is 3.31. The second kappa shape index (κ2) is 7.48. The Morgan fingerprint density at radius 3 is 2.71 bits per heavy atom. The van der Waals surface area contributed by atoms with Crippen molar-refractivity contribution in [2.75, 3.05) is 19.9 Å². The summed E-state index contributed by atoms with van der Waals surface area (Å²) in [5.41, 5.74) is 2.32. The third kappa shape index (κ3) is 4.22. The zero-order valence-corrected chi connectivity index (χ0v) is 13.3. The van der Waals surface area contributed by atoms with Crippen LogP contribution in [-0.4, -0.2) is 19.9 Å². The molecular formula is C17H20FNOS. The van der Waals surface area contributed by atoms with Crippen molar-refractivity contribution in [1.29, 1.82) is 0 Å². The molecule has 1 atom stereocenters. The van der Waals surface area contributed by atoms with Gasteiger partial charge in [-0.2, -0.15) is 0 Å². The monoisotopic (exact) mass is 305 g/mol. The van der Waals surface area contributed by atoms with Crippen LogP contribution in [0.3, 0.4) is 0 Å². The van der Waals surface area contributed by atoms with Gasteiger partial charge in [0, 0.05) is 22.3 Å². The van der Waals surface area contributed by atoms with Gasteiger partial charge in [-0.15, -0.1) is 11.8 Å². The number of thioether (sulfide) groups is 1. The number of hydrogen-bond donors (Lipinski definition) is 1. The number of benzene rings is 2. The second-order valence-electron chi connectivity index (χ2n) is 4.86. The Bertz CT molecular complexity index is 603. The lowest BCUT2D eigenvalue weighted by molar-refractivity contribution is 0.404. The Kier molecular flexibility index (Phi) is 5.65. The molecule has 4 heteroatoms. The standard InChI is InChI=1S/C17H20FNOS/c1-12-7-8-17(20-3)15(9-12)16(19-2)11-21-14-6-4-5-13(18)10-14/h4-10,16,19H,11H2,1-3H3. The molecule has 1 N–H and O–H groups in total. The first kappa shape index (κ1) is 15.9. The van der Waals surface area contributed by atoms with Gasteiger partial charge in [0.1, 0.15) is 11.6 Å². The van der Waals surface area contributed by atoms with Gasteiger partial charge in [0.05, 0.1) is 7.11 Å². The van der Waals surface area contributed by atoms with E-state index >= 15 is 0 Å². The lowest BCUT2D eigenvalue weighted by atomic mass is 10.0. The maximum atomic E-state index is 13.2. The van der Waals surface area contributed by atoms with Crippen LogP contribution in [0.5, 0.6) is 5.75 Å². The molecule has 0 spiro atoms. The predicted molar refractivity (Wildman–Crippen MR) is 86.7 cm³/mol. The van der Waals surface area contributed by atoms with Crippen LogP contribution in [0, 0.1) is 12.7 Å². The Labute approximate surface area is 129 Å². The van der Waals surface area contributed by atoms with E-state index in [9.17, 15) is 4.39 Å². The largest absolute Gasteiger partial charge is 0.496 e. The van der Waals surface area contributed by atoms with E-state index in [0.29, 0.717) is 0 Å². The van der Waals surface area contributed by atoms with Gasteiger partial charge in [-0.25, -0.2) is 4.39 Å². The number of aryl methyl sites for hydroxylation is 1. The summed E-state index contributed by atoms with van der Waals surface area (Å²) in [6, 6.07) is 13.0. The zero-order chi connectivity index (χ0) is 15.2. The van der Waals surface area contributed by atoms with Gasteiger partial charge in [-0.3, -0.25) is 0 Å². The highest BCUT2D eigenvalue weighted by Gasteiger charge is 2.15. The molecule has 0 bridgehead atoms. The van der Waals surface area contributed by atoms with Crippen LogP contribution in [-0.2, 0) is 0 Å². The van der Waals surface area contributed by atoms with Gasteiger partial charge in [-0.05, 0) is 38.2 Å². The molecule has 0 saturated carbocycles. The Balaban J connectivity index is 2.15. The van der Waals surface area contributed by atoms with Crippen molar-refractivity contribution >= 4 is 11.8 Å². The minimum atomic E-state index is -0.200. The van der Waals surface area contributed by atoms with E-state index in [2.05, 4.69) is 18.3 Å². The van der Waals surface area contributed by atoms with Gasteiger partial charge >= 0.3 is 0 Å². The summed E-state index contributed by atoms with van der Waals surface area (Å²) in [7, 11) is 3.61. The van der Waals surface area contributed by atoms with Gasteiger partial charge in [0.25, 0.3) is 0 Å². The van der Waals surface area contributed by atoms with Crippen molar-refractivity contribution in [3.8, 4) is 5.75 Å². The summed E-state index contributed by atoms with van der Waals surface area (Å²) in [6.45, 7) is 2.06. The summed E-state index contributed by atoms with van der Waals surface area (Å²) in [5.74, 6) is 1.48. The minimum absolute atomic E-state index is 0.146. The average Bonchev–Trinajstić information content (AvgIpc) is 2.48. The van der Waals surface area contributed by atoms with Gasteiger partial charge < -0.3 is 10.1 Å². The number of ether oxygens (including phenoxy) is 1. The first-order chi connectivity index (χ1) is 10.1. The molecule has 0 amide bonds. The summed E-state index contributed by atoms with van der Waals surface area (Å²) in [6.07, 6.45) is 0.